The van der Waals surface area contributed by atoms with Gasteiger partial charge in [0, 0.05) is 25.4 Å². The fourth-order valence-corrected chi connectivity index (χ4v) is 5.13. The predicted octanol–water partition coefficient (Wildman–Crippen LogP) is 2.62. The maximum atomic E-state index is 11.4. The quantitative estimate of drug-likeness (QED) is 0.885. The second-order valence-electron chi connectivity index (χ2n) is 6.77. The predicted molar refractivity (Wildman–Crippen MR) is 76.1 cm³/mol. The van der Waals surface area contributed by atoms with Crippen molar-refractivity contribution in [1.82, 2.24) is 4.57 Å². The average molecular weight is 258 g/mol. The van der Waals surface area contributed by atoms with Gasteiger partial charge in [0.1, 0.15) is 0 Å². The lowest BCUT2D eigenvalue weighted by Gasteiger charge is -2.32. The molecular formula is C16H22N2O. The number of hydrogen-bond acceptors (Lipinski definition) is 2. The van der Waals surface area contributed by atoms with E-state index in [0.29, 0.717) is 6.04 Å². The summed E-state index contributed by atoms with van der Waals surface area (Å²) in [6, 6.07) is 4.23. The Bertz CT molecular complexity index is 550. The fraction of sp³-hybridized carbons (Fsp3) is 0.688. The Morgan fingerprint density at radius 2 is 2.00 bits per heavy atom. The minimum atomic E-state index is 0.0642. The number of aryl methyl sites for hydroxylation is 1. The largest absolute Gasteiger partial charge is 0.381 e. The minimum absolute atomic E-state index is 0.0642. The number of fused-ring (bicyclic) bond motifs is 5. The van der Waals surface area contributed by atoms with Crippen LogP contribution in [0.4, 0.5) is 5.69 Å². The Balaban J connectivity index is 1.52. The molecule has 2 bridgehead atoms. The molecule has 0 amide bonds. The Labute approximate surface area is 114 Å². The molecule has 0 aromatic carbocycles. The highest BCUT2D eigenvalue weighted by atomic mass is 16.1. The van der Waals surface area contributed by atoms with Crippen LogP contribution in [0.1, 0.15) is 32.1 Å². The summed E-state index contributed by atoms with van der Waals surface area (Å²) in [7, 11) is 1.82. The fourth-order valence-electron chi connectivity index (χ4n) is 5.13. The third kappa shape index (κ3) is 1.74. The highest BCUT2D eigenvalue weighted by Crippen LogP contribution is 2.59. The SMILES string of the molecule is Cn1cc(NC2CC3CC2C2CCCC32)ccc1=O. The van der Waals surface area contributed by atoms with E-state index < -0.39 is 0 Å². The van der Waals surface area contributed by atoms with Crippen molar-refractivity contribution < 1.29 is 0 Å². The van der Waals surface area contributed by atoms with E-state index in [4.69, 9.17) is 0 Å². The summed E-state index contributed by atoms with van der Waals surface area (Å²) in [5.74, 6) is 3.89. The summed E-state index contributed by atoms with van der Waals surface area (Å²) >= 11 is 0. The third-order valence-electron chi connectivity index (χ3n) is 5.87. The van der Waals surface area contributed by atoms with Crippen molar-refractivity contribution in [2.75, 3.05) is 5.32 Å². The van der Waals surface area contributed by atoms with Gasteiger partial charge in [0.2, 0.25) is 5.56 Å². The Kier molecular flexibility index (Phi) is 2.51. The van der Waals surface area contributed by atoms with E-state index in [1.165, 1.54) is 32.1 Å². The monoisotopic (exact) mass is 258 g/mol. The van der Waals surface area contributed by atoms with Crippen molar-refractivity contribution in [3.05, 3.63) is 28.7 Å². The molecule has 19 heavy (non-hydrogen) atoms. The molecule has 5 unspecified atom stereocenters. The van der Waals surface area contributed by atoms with E-state index in [2.05, 4.69) is 5.32 Å². The van der Waals surface area contributed by atoms with Crippen LogP contribution in [0.2, 0.25) is 0 Å². The van der Waals surface area contributed by atoms with Crippen LogP contribution in [0.25, 0.3) is 0 Å². The molecule has 0 spiro atoms. The molecule has 1 aromatic rings. The van der Waals surface area contributed by atoms with Gasteiger partial charge >= 0.3 is 0 Å². The van der Waals surface area contributed by atoms with Crippen LogP contribution in [-0.4, -0.2) is 10.6 Å². The summed E-state index contributed by atoms with van der Waals surface area (Å²) < 4.78 is 1.66. The van der Waals surface area contributed by atoms with Crippen LogP contribution in [0.3, 0.4) is 0 Å². The van der Waals surface area contributed by atoms with Crippen LogP contribution >= 0.6 is 0 Å². The highest BCUT2D eigenvalue weighted by molar-refractivity contribution is 5.42. The van der Waals surface area contributed by atoms with Gasteiger partial charge in [-0.25, -0.2) is 0 Å². The molecule has 3 heteroatoms. The van der Waals surface area contributed by atoms with Crippen molar-refractivity contribution in [3.63, 3.8) is 0 Å². The van der Waals surface area contributed by atoms with Crippen LogP contribution in [0, 0.1) is 23.7 Å². The minimum Gasteiger partial charge on any atom is -0.381 e. The number of nitrogens with zero attached hydrogens (tertiary/aromatic N) is 1. The highest BCUT2D eigenvalue weighted by Gasteiger charge is 2.53. The maximum Gasteiger partial charge on any atom is 0.250 e. The second kappa shape index (κ2) is 4.12. The zero-order valence-electron chi connectivity index (χ0n) is 11.5. The summed E-state index contributed by atoms with van der Waals surface area (Å²) in [5.41, 5.74) is 1.17. The van der Waals surface area contributed by atoms with Gasteiger partial charge in [0.25, 0.3) is 0 Å². The van der Waals surface area contributed by atoms with Crippen molar-refractivity contribution in [1.29, 1.82) is 0 Å². The number of aromatic nitrogens is 1. The lowest BCUT2D eigenvalue weighted by molar-refractivity contribution is 0.243. The van der Waals surface area contributed by atoms with Crippen molar-refractivity contribution in [2.45, 2.75) is 38.1 Å². The molecule has 3 nitrogen and oxygen atoms in total. The van der Waals surface area contributed by atoms with Gasteiger partial charge in [-0.15, -0.1) is 0 Å². The molecular weight excluding hydrogens is 236 g/mol. The van der Waals surface area contributed by atoms with E-state index >= 15 is 0 Å². The van der Waals surface area contributed by atoms with Crippen LogP contribution in [-0.2, 0) is 7.05 Å². The van der Waals surface area contributed by atoms with Gasteiger partial charge in [0.05, 0.1) is 5.69 Å². The normalized spacial score (nSPS) is 39.5. The molecule has 3 aliphatic rings. The van der Waals surface area contributed by atoms with E-state index in [1.807, 2.05) is 19.3 Å². The molecule has 0 radical (unpaired) electrons. The number of nitrogens with one attached hydrogen (secondary N) is 1. The van der Waals surface area contributed by atoms with E-state index in [1.54, 1.807) is 10.6 Å². The lowest BCUT2D eigenvalue weighted by atomic mass is 9.79. The van der Waals surface area contributed by atoms with Crippen LogP contribution in [0.5, 0.6) is 0 Å². The van der Waals surface area contributed by atoms with Crippen molar-refractivity contribution in [3.8, 4) is 0 Å². The van der Waals surface area contributed by atoms with Crippen LogP contribution in [0.15, 0.2) is 23.1 Å². The number of pyridine rings is 1. The lowest BCUT2D eigenvalue weighted by Crippen LogP contribution is -2.34. The molecule has 3 saturated carbocycles. The first-order valence-electron chi connectivity index (χ1n) is 7.65. The maximum absolute atomic E-state index is 11.4. The summed E-state index contributed by atoms with van der Waals surface area (Å²) in [5, 5.41) is 3.69. The van der Waals surface area contributed by atoms with Gasteiger partial charge in [-0.2, -0.15) is 0 Å². The summed E-state index contributed by atoms with van der Waals surface area (Å²) in [6.07, 6.45) is 9.11. The first-order chi connectivity index (χ1) is 9.22. The number of anilines is 1. The average Bonchev–Trinajstić information content (AvgIpc) is 3.05. The van der Waals surface area contributed by atoms with Gasteiger partial charge in [-0.05, 0) is 55.4 Å². The molecule has 1 N–H and O–H groups in total. The summed E-state index contributed by atoms with van der Waals surface area (Å²) in [4.78, 5) is 11.4. The first kappa shape index (κ1) is 11.6. The standard InChI is InChI=1S/C16H22N2O/c1-18-9-11(5-6-16(18)19)17-15-8-10-7-14(15)13-4-2-3-12(10)13/h5-6,9-10,12-15,17H,2-4,7-8H2,1H3. The zero-order valence-corrected chi connectivity index (χ0v) is 11.5. The van der Waals surface area contributed by atoms with Gasteiger partial charge in [-0.1, -0.05) is 6.42 Å². The second-order valence-corrected chi connectivity index (χ2v) is 6.77. The number of rotatable bonds is 2. The Morgan fingerprint density at radius 3 is 2.84 bits per heavy atom. The molecule has 102 valence electrons. The molecule has 1 aromatic heterocycles. The number of hydrogen-bond donors (Lipinski definition) is 1. The first-order valence-corrected chi connectivity index (χ1v) is 7.65. The van der Waals surface area contributed by atoms with Crippen LogP contribution < -0.4 is 10.9 Å². The molecule has 1 heterocycles. The van der Waals surface area contributed by atoms with Gasteiger partial charge in [0.15, 0.2) is 0 Å². The third-order valence-corrected chi connectivity index (χ3v) is 5.87. The van der Waals surface area contributed by atoms with E-state index in [0.717, 1.165) is 29.4 Å². The van der Waals surface area contributed by atoms with Crippen molar-refractivity contribution >= 4 is 5.69 Å². The van der Waals surface area contributed by atoms with E-state index in [-0.39, 0.29) is 5.56 Å². The van der Waals surface area contributed by atoms with Gasteiger partial charge < -0.3 is 9.88 Å². The van der Waals surface area contributed by atoms with Gasteiger partial charge in [-0.3, -0.25) is 4.79 Å². The Hall–Kier alpha value is -1.25. The smallest absolute Gasteiger partial charge is 0.250 e. The van der Waals surface area contributed by atoms with Crippen molar-refractivity contribution in [2.24, 2.45) is 30.7 Å². The summed E-state index contributed by atoms with van der Waals surface area (Å²) in [6.45, 7) is 0. The molecule has 3 fully saturated rings. The topological polar surface area (TPSA) is 34.0 Å². The zero-order chi connectivity index (χ0) is 13.0. The Morgan fingerprint density at radius 1 is 1.16 bits per heavy atom. The molecule has 4 rings (SSSR count). The molecule has 0 saturated heterocycles. The molecule has 3 aliphatic carbocycles. The molecule has 0 aliphatic heterocycles. The molecule has 5 atom stereocenters. The van der Waals surface area contributed by atoms with E-state index in [9.17, 15) is 4.79 Å².